The van der Waals surface area contributed by atoms with Gasteiger partial charge in [-0.05, 0) is 81.1 Å². The number of likely N-dealkylation sites (tertiary alicyclic amines) is 1. The van der Waals surface area contributed by atoms with Crippen molar-refractivity contribution in [2.45, 2.75) is 70.5 Å². The normalized spacial score (nSPS) is 27.2. The molecule has 4 atom stereocenters. The van der Waals surface area contributed by atoms with Crippen LogP contribution < -0.4 is 5.63 Å². The van der Waals surface area contributed by atoms with Crippen LogP contribution in [0.4, 0.5) is 0 Å². The van der Waals surface area contributed by atoms with Gasteiger partial charge in [0.2, 0.25) is 0 Å². The standard InChI is InChI=1S/C33H37ClN2O3/c1-20-25-17-28(34)31(37)27(32(25)39-33(38)26(20)14-21-8-3-2-4-9-21)19-36-13-7-10-22-15-23-16-24(30(22)36)18-35-12-6-5-11-29(23)35/h2-4,8-9,15,17,23-24,29-30,37H,5-7,10-14,16,18-19H2,1H3/t23?,24?,29-,30-/m1/s1. The Bertz CT molecular complexity index is 1500. The minimum atomic E-state index is -0.338. The van der Waals surface area contributed by atoms with E-state index in [4.69, 9.17) is 16.0 Å². The van der Waals surface area contributed by atoms with Crippen molar-refractivity contribution in [3.8, 4) is 5.75 Å². The Morgan fingerprint density at radius 1 is 1.10 bits per heavy atom. The summed E-state index contributed by atoms with van der Waals surface area (Å²) < 4.78 is 6.02. The summed E-state index contributed by atoms with van der Waals surface area (Å²) in [5.74, 6) is 1.31. The number of nitrogens with zero attached hydrogens (tertiary/aromatic N) is 2. The van der Waals surface area contributed by atoms with Gasteiger partial charge in [0, 0.05) is 42.5 Å². The van der Waals surface area contributed by atoms with Crippen LogP contribution in [0.1, 0.15) is 60.8 Å². The zero-order valence-corrected chi connectivity index (χ0v) is 23.4. The molecule has 204 valence electrons. The van der Waals surface area contributed by atoms with E-state index < -0.39 is 0 Å². The van der Waals surface area contributed by atoms with E-state index in [-0.39, 0.29) is 11.4 Å². The highest BCUT2D eigenvalue weighted by Crippen LogP contribution is 2.46. The second-order valence-electron chi connectivity index (χ2n) is 12.2. The number of piperidine rings is 3. The molecule has 3 aromatic rings. The first-order valence-electron chi connectivity index (χ1n) is 14.7. The number of benzene rings is 2. The molecule has 2 bridgehead atoms. The molecule has 0 saturated carbocycles. The summed E-state index contributed by atoms with van der Waals surface area (Å²) in [7, 11) is 0. The smallest absolute Gasteiger partial charge is 0.340 e. The number of phenolic OH excluding ortho intramolecular Hbond substituents is 1. The molecule has 39 heavy (non-hydrogen) atoms. The molecule has 1 N–H and O–H groups in total. The van der Waals surface area contributed by atoms with E-state index in [2.05, 4.69) is 15.9 Å². The van der Waals surface area contributed by atoms with E-state index >= 15 is 0 Å². The van der Waals surface area contributed by atoms with Gasteiger partial charge in [0.1, 0.15) is 11.3 Å². The Morgan fingerprint density at radius 3 is 2.79 bits per heavy atom. The molecule has 1 aliphatic carbocycles. The highest BCUT2D eigenvalue weighted by atomic mass is 35.5. The topological polar surface area (TPSA) is 56.9 Å². The van der Waals surface area contributed by atoms with E-state index in [1.807, 2.05) is 37.3 Å². The van der Waals surface area contributed by atoms with Gasteiger partial charge in [0.05, 0.1) is 10.6 Å². The van der Waals surface area contributed by atoms with E-state index in [9.17, 15) is 9.90 Å². The van der Waals surface area contributed by atoms with Crippen molar-refractivity contribution in [2.24, 2.45) is 11.8 Å². The van der Waals surface area contributed by atoms with Crippen molar-refractivity contribution >= 4 is 22.6 Å². The fraction of sp³-hybridized carbons (Fsp3) is 0.485. The molecule has 3 saturated heterocycles. The molecule has 4 heterocycles. The summed E-state index contributed by atoms with van der Waals surface area (Å²) in [5, 5.41) is 12.3. The van der Waals surface area contributed by atoms with Gasteiger partial charge in [-0.1, -0.05) is 60.0 Å². The fourth-order valence-corrected chi connectivity index (χ4v) is 8.38. The van der Waals surface area contributed by atoms with Gasteiger partial charge in [-0.3, -0.25) is 9.80 Å². The van der Waals surface area contributed by atoms with Crippen molar-refractivity contribution in [3.63, 3.8) is 0 Å². The minimum Gasteiger partial charge on any atom is -0.506 e. The maximum Gasteiger partial charge on any atom is 0.340 e. The van der Waals surface area contributed by atoms with Crippen molar-refractivity contribution in [2.75, 3.05) is 19.6 Å². The molecule has 3 fully saturated rings. The first-order chi connectivity index (χ1) is 19.0. The Hall–Kier alpha value is -2.60. The van der Waals surface area contributed by atoms with Gasteiger partial charge in [-0.15, -0.1) is 0 Å². The maximum atomic E-state index is 13.3. The average Bonchev–Trinajstić information content (AvgIpc) is 2.95. The summed E-state index contributed by atoms with van der Waals surface area (Å²) in [5.41, 5.74) is 4.93. The van der Waals surface area contributed by atoms with Crippen LogP contribution in [-0.2, 0) is 13.0 Å². The van der Waals surface area contributed by atoms with Crippen LogP contribution in [0.5, 0.6) is 5.75 Å². The first kappa shape index (κ1) is 25.4. The van der Waals surface area contributed by atoms with Crippen LogP contribution in [0.25, 0.3) is 11.0 Å². The fourth-order valence-electron chi connectivity index (χ4n) is 8.16. The van der Waals surface area contributed by atoms with E-state index in [0.29, 0.717) is 52.6 Å². The number of aryl methyl sites for hydroxylation is 1. The number of rotatable bonds is 4. The first-order valence-corrected chi connectivity index (χ1v) is 15.0. The monoisotopic (exact) mass is 544 g/mol. The number of aromatic hydroxyl groups is 1. The lowest BCUT2D eigenvalue weighted by atomic mass is 9.68. The second-order valence-corrected chi connectivity index (χ2v) is 12.6. The molecular formula is C33H37ClN2O3. The molecule has 5 nitrogen and oxygen atoms in total. The average molecular weight is 545 g/mol. The van der Waals surface area contributed by atoms with Gasteiger partial charge in [0.25, 0.3) is 0 Å². The third-order valence-electron chi connectivity index (χ3n) is 9.95. The number of hydrogen-bond donors (Lipinski definition) is 1. The predicted molar refractivity (Wildman–Crippen MR) is 155 cm³/mol. The van der Waals surface area contributed by atoms with Gasteiger partial charge < -0.3 is 9.52 Å². The summed E-state index contributed by atoms with van der Waals surface area (Å²) in [6.07, 6.45) is 10.7. The number of halogens is 1. The number of fused-ring (bicyclic) bond motifs is 7. The molecule has 0 spiro atoms. The second kappa shape index (κ2) is 10.1. The van der Waals surface area contributed by atoms with Crippen LogP contribution in [-0.4, -0.2) is 46.6 Å². The Balaban J connectivity index is 1.26. The Labute approximate surface area is 235 Å². The Kier molecular flexibility index (Phi) is 6.57. The van der Waals surface area contributed by atoms with E-state index in [1.165, 1.54) is 45.2 Å². The van der Waals surface area contributed by atoms with Crippen LogP contribution in [0.3, 0.4) is 0 Å². The predicted octanol–water partition coefficient (Wildman–Crippen LogP) is 6.45. The summed E-state index contributed by atoms with van der Waals surface area (Å²) in [4.78, 5) is 18.6. The molecule has 7 rings (SSSR count). The SMILES string of the molecule is Cc1c(Cc2ccccc2)c(=O)oc2c(CN3CCCC4=CC5CC(CN6CCCC[C@H]56)[C@@H]43)c(O)c(Cl)cc12. The molecular weight excluding hydrogens is 508 g/mol. The van der Waals surface area contributed by atoms with Gasteiger partial charge in [-0.25, -0.2) is 4.79 Å². The highest BCUT2D eigenvalue weighted by Gasteiger charge is 2.46. The molecule has 6 heteroatoms. The largest absolute Gasteiger partial charge is 0.506 e. The molecule has 0 amide bonds. The molecule has 0 radical (unpaired) electrons. The quantitative estimate of drug-likeness (QED) is 0.302. The Morgan fingerprint density at radius 2 is 1.95 bits per heavy atom. The van der Waals surface area contributed by atoms with Crippen molar-refractivity contribution in [1.82, 2.24) is 9.80 Å². The van der Waals surface area contributed by atoms with Crippen LogP contribution in [0.2, 0.25) is 5.02 Å². The van der Waals surface area contributed by atoms with E-state index in [0.717, 1.165) is 35.5 Å². The minimum absolute atomic E-state index is 0.0343. The van der Waals surface area contributed by atoms with Crippen LogP contribution in [0, 0.1) is 18.8 Å². The van der Waals surface area contributed by atoms with Crippen molar-refractivity contribution < 1.29 is 9.52 Å². The number of hydrogen-bond acceptors (Lipinski definition) is 5. The molecule has 3 aliphatic heterocycles. The lowest BCUT2D eigenvalue weighted by Crippen LogP contribution is -2.59. The van der Waals surface area contributed by atoms with Crippen molar-refractivity contribution in [3.05, 3.63) is 85.7 Å². The highest BCUT2D eigenvalue weighted by molar-refractivity contribution is 6.33. The zero-order chi connectivity index (χ0) is 26.7. The summed E-state index contributed by atoms with van der Waals surface area (Å²) in [6, 6.07) is 12.8. The zero-order valence-electron chi connectivity index (χ0n) is 22.7. The molecule has 2 aromatic carbocycles. The summed E-state index contributed by atoms with van der Waals surface area (Å²) >= 11 is 6.63. The molecule has 1 aromatic heterocycles. The van der Waals surface area contributed by atoms with Crippen LogP contribution >= 0.6 is 11.6 Å². The van der Waals surface area contributed by atoms with Gasteiger partial charge >= 0.3 is 5.63 Å². The number of phenols is 1. The van der Waals surface area contributed by atoms with Gasteiger partial charge in [0.15, 0.2) is 0 Å². The lowest BCUT2D eigenvalue weighted by Gasteiger charge is -2.54. The molecule has 4 aliphatic rings. The summed E-state index contributed by atoms with van der Waals surface area (Å²) in [6.45, 7) is 5.85. The lowest BCUT2D eigenvalue weighted by molar-refractivity contribution is -0.00274. The van der Waals surface area contributed by atoms with Crippen LogP contribution in [0.15, 0.2) is 57.3 Å². The third-order valence-corrected chi connectivity index (χ3v) is 10.2. The van der Waals surface area contributed by atoms with E-state index in [1.54, 1.807) is 11.6 Å². The third kappa shape index (κ3) is 4.43. The van der Waals surface area contributed by atoms with Crippen molar-refractivity contribution in [1.29, 1.82) is 0 Å². The maximum absolute atomic E-state index is 13.3. The van der Waals surface area contributed by atoms with Gasteiger partial charge in [-0.2, -0.15) is 0 Å². The molecule has 2 unspecified atom stereocenters.